The molecular weight excluding hydrogens is 250 g/mol. The molecule has 0 aromatic carbocycles. The fourth-order valence-electron chi connectivity index (χ4n) is 2.02. The normalized spacial score (nSPS) is 23.4. The van der Waals surface area contributed by atoms with Crippen LogP contribution in [0, 0.1) is 0 Å². The van der Waals surface area contributed by atoms with Gasteiger partial charge in [-0.25, -0.2) is 0 Å². The number of amides is 1. The standard InChI is InChI=1S/C11H17N5O3/c12-5-9-14-15-11(19-9)16-3-4-18-6-8(16)10(17)13-7-1-2-7/h7-8H,1-6,12H2,(H,13,17). The second-order valence-electron chi connectivity index (χ2n) is 4.75. The molecule has 0 bridgehead atoms. The van der Waals surface area contributed by atoms with Gasteiger partial charge in [0.2, 0.25) is 11.8 Å². The maximum Gasteiger partial charge on any atom is 0.319 e. The summed E-state index contributed by atoms with van der Waals surface area (Å²) in [5.74, 6) is 0.317. The molecule has 8 heteroatoms. The molecular formula is C11H17N5O3. The van der Waals surface area contributed by atoms with Crippen LogP contribution in [-0.2, 0) is 16.1 Å². The summed E-state index contributed by atoms with van der Waals surface area (Å²) in [6.45, 7) is 1.61. The number of anilines is 1. The minimum Gasteiger partial charge on any atom is -0.407 e. The lowest BCUT2D eigenvalue weighted by Gasteiger charge is -2.32. The van der Waals surface area contributed by atoms with E-state index in [1.807, 2.05) is 0 Å². The molecule has 104 valence electrons. The Kier molecular flexibility index (Phi) is 3.34. The van der Waals surface area contributed by atoms with Gasteiger partial charge in [-0.15, -0.1) is 5.10 Å². The zero-order valence-corrected chi connectivity index (χ0v) is 10.5. The van der Waals surface area contributed by atoms with E-state index >= 15 is 0 Å². The van der Waals surface area contributed by atoms with Crippen LogP contribution in [0.5, 0.6) is 0 Å². The number of ether oxygens (including phenoxy) is 1. The lowest BCUT2D eigenvalue weighted by molar-refractivity contribution is -0.124. The highest BCUT2D eigenvalue weighted by atomic mass is 16.5. The Bertz CT molecular complexity index is 459. The zero-order valence-electron chi connectivity index (χ0n) is 10.5. The summed E-state index contributed by atoms with van der Waals surface area (Å²) in [6, 6.07) is 0.235. The first-order valence-corrected chi connectivity index (χ1v) is 6.45. The third-order valence-corrected chi connectivity index (χ3v) is 3.23. The summed E-state index contributed by atoms with van der Waals surface area (Å²) in [5, 5.41) is 10.7. The van der Waals surface area contributed by atoms with Crippen molar-refractivity contribution in [3.63, 3.8) is 0 Å². The SMILES string of the molecule is NCc1nnc(N2CCOCC2C(=O)NC2CC2)o1. The van der Waals surface area contributed by atoms with Crippen molar-refractivity contribution in [2.45, 2.75) is 31.5 Å². The number of aromatic nitrogens is 2. The molecule has 0 radical (unpaired) electrons. The third kappa shape index (κ3) is 2.69. The maximum absolute atomic E-state index is 12.2. The predicted octanol–water partition coefficient (Wildman–Crippen LogP) is -0.988. The molecule has 3 rings (SSSR count). The quantitative estimate of drug-likeness (QED) is 0.721. The predicted molar refractivity (Wildman–Crippen MR) is 65.3 cm³/mol. The summed E-state index contributed by atoms with van der Waals surface area (Å²) in [7, 11) is 0. The zero-order chi connectivity index (χ0) is 13.2. The summed E-state index contributed by atoms with van der Waals surface area (Å²) in [6.07, 6.45) is 2.11. The van der Waals surface area contributed by atoms with Gasteiger partial charge in [0.15, 0.2) is 0 Å². The minimum absolute atomic E-state index is 0.0466. The number of rotatable bonds is 4. The molecule has 1 aliphatic heterocycles. The van der Waals surface area contributed by atoms with Crippen molar-refractivity contribution in [3.8, 4) is 0 Å². The molecule has 8 nitrogen and oxygen atoms in total. The minimum atomic E-state index is -0.416. The summed E-state index contributed by atoms with van der Waals surface area (Å²) in [4.78, 5) is 13.9. The molecule has 19 heavy (non-hydrogen) atoms. The van der Waals surface area contributed by atoms with Crippen LogP contribution in [0.1, 0.15) is 18.7 Å². The van der Waals surface area contributed by atoms with E-state index in [2.05, 4.69) is 15.5 Å². The van der Waals surface area contributed by atoms with Crippen LogP contribution in [0.3, 0.4) is 0 Å². The average Bonchev–Trinajstić information content (AvgIpc) is 3.12. The van der Waals surface area contributed by atoms with Crippen LogP contribution in [-0.4, -0.2) is 47.9 Å². The largest absolute Gasteiger partial charge is 0.407 e. The molecule has 1 saturated carbocycles. The van der Waals surface area contributed by atoms with Gasteiger partial charge < -0.3 is 25.1 Å². The Balaban J connectivity index is 1.73. The van der Waals surface area contributed by atoms with Gasteiger partial charge in [0, 0.05) is 12.6 Å². The average molecular weight is 267 g/mol. The van der Waals surface area contributed by atoms with E-state index in [-0.39, 0.29) is 12.5 Å². The first kappa shape index (κ1) is 12.4. The third-order valence-electron chi connectivity index (χ3n) is 3.23. The van der Waals surface area contributed by atoms with Gasteiger partial charge in [0.1, 0.15) is 6.04 Å². The summed E-state index contributed by atoms with van der Waals surface area (Å²) in [5.41, 5.74) is 5.44. The number of carbonyl (C=O) groups excluding carboxylic acids is 1. The molecule has 1 unspecified atom stereocenters. The summed E-state index contributed by atoms with van der Waals surface area (Å²) < 4.78 is 10.8. The highest BCUT2D eigenvalue weighted by molar-refractivity contribution is 5.85. The van der Waals surface area contributed by atoms with E-state index in [0.29, 0.717) is 37.7 Å². The highest BCUT2D eigenvalue weighted by Crippen LogP contribution is 2.22. The molecule has 1 amide bonds. The Hall–Kier alpha value is -1.67. The van der Waals surface area contributed by atoms with Crippen LogP contribution in [0.4, 0.5) is 6.01 Å². The van der Waals surface area contributed by atoms with E-state index in [9.17, 15) is 4.79 Å². The second kappa shape index (κ2) is 5.14. The van der Waals surface area contributed by atoms with E-state index in [0.717, 1.165) is 12.8 Å². The topological polar surface area (TPSA) is 107 Å². The van der Waals surface area contributed by atoms with Gasteiger partial charge in [-0.3, -0.25) is 4.79 Å². The van der Waals surface area contributed by atoms with E-state index in [4.69, 9.17) is 14.9 Å². The lowest BCUT2D eigenvalue weighted by atomic mass is 10.2. The molecule has 1 aliphatic carbocycles. The van der Waals surface area contributed by atoms with E-state index < -0.39 is 6.04 Å². The maximum atomic E-state index is 12.2. The van der Waals surface area contributed by atoms with Crippen molar-refractivity contribution in [2.75, 3.05) is 24.7 Å². The second-order valence-corrected chi connectivity index (χ2v) is 4.75. The molecule has 1 saturated heterocycles. The monoisotopic (exact) mass is 267 g/mol. The lowest BCUT2D eigenvalue weighted by Crippen LogP contribution is -2.54. The first-order valence-electron chi connectivity index (χ1n) is 6.45. The molecule has 2 heterocycles. The Morgan fingerprint density at radius 3 is 3.00 bits per heavy atom. The first-order chi connectivity index (χ1) is 9.28. The van der Waals surface area contributed by atoms with Gasteiger partial charge in [-0.05, 0) is 12.8 Å². The van der Waals surface area contributed by atoms with Crippen molar-refractivity contribution in [1.29, 1.82) is 0 Å². The van der Waals surface area contributed by atoms with E-state index in [1.165, 1.54) is 0 Å². The fourth-order valence-corrected chi connectivity index (χ4v) is 2.02. The van der Waals surface area contributed by atoms with Crippen LogP contribution in [0.25, 0.3) is 0 Å². The van der Waals surface area contributed by atoms with Crippen molar-refractivity contribution in [2.24, 2.45) is 5.73 Å². The van der Waals surface area contributed by atoms with Crippen molar-refractivity contribution in [3.05, 3.63) is 5.89 Å². The number of hydrogen-bond acceptors (Lipinski definition) is 7. The van der Waals surface area contributed by atoms with Crippen molar-refractivity contribution >= 4 is 11.9 Å². The molecule has 0 spiro atoms. The van der Waals surface area contributed by atoms with Crippen LogP contribution in [0.15, 0.2) is 4.42 Å². The smallest absolute Gasteiger partial charge is 0.319 e. The van der Waals surface area contributed by atoms with Crippen LogP contribution >= 0.6 is 0 Å². The van der Waals surface area contributed by atoms with Gasteiger partial charge >= 0.3 is 6.01 Å². The van der Waals surface area contributed by atoms with Crippen molar-refractivity contribution < 1.29 is 13.9 Å². The van der Waals surface area contributed by atoms with Crippen LogP contribution in [0.2, 0.25) is 0 Å². The fraction of sp³-hybridized carbons (Fsp3) is 0.727. The molecule has 1 atom stereocenters. The summed E-state index contributed by atoms with van der Waals surface area (Å²) >= 11 is 0. The molecule has 2 fully saturated rings. The van der Waals surface area contributed by atoms with Gasteiger partial charge in [0.05, 0.1) is 19.8 Å². The van der Waals surface area contributed by atoms with Crippen LogP contribution < -0.4 is 16.0 Å². The molecule has 2 aliphatic rings. The Morgan fingerprint density at radius 1 is 1.47 bits per heavy atom. The van der Waals surface area contributed by atoms with Gasteiger partial charge in [-0.2, -0.15) is 0 Å². The van der Waals surface area contributed by atoms with E-state index in [1.54, 1.807) is 4.90 Å². The number of hydrogen-bond donors (Lipinski definition) is 2. The molecule has 1 aromatic heterocycles. The highest BCUT2D eigenvalue weighted by Gasteiger charge is 2.35. The van der Waals surface area contributed by atoms with Gasteiger partial charge in [-0.1, -0.05) is 5.10 Å². The number of nitrogens with one attached hydrogen (secondary N) is 1. The number of nitrogens with two attached hydrogens (primary N) is 1. The number of nitrogens with zero attached hydrogens (tertiary/aromatic N) is 3. The molecule has 3 N–H and O–H groups in total. The Morgan fingerprint density at radius 2 is 2.32 bits per heavy atom. The number of morpholine rings is 1. The van der Waals surface area contributed by atoms with Gasteiger partial charge in [0.25, 0.3) is 0 Å². The number of carbonyl (C=O) groups is 1. The van der Waals surface area contributed by atoms with Crippen molar-refractivity contribution in [1.82, 2.24) is 15.5 Å². The Labute approximate surface area is 110 Å². The molecule has 1 aromatic rings.